The number of anilines is 1. The van der Waals surface area contributed by atoms with Crippen molar-refractivity contribution in [2.75, 3.05) is 4.90 Å². The number of hydrogen-bond donors (Lipinski definition) is 1. The van der Waals surface area contributed by atoms with Gasteiger partial charge in [-0.25, -0.2) is 4.79 Å². The van der Waals surface area contributed by atoms with E-state index in [1.165, 1.54) is 11.0 Å². The number of aryl methyl sites for hydroxylation is 1. The highest BCUT2D eigenvalue weighted by atomic mass is 35.5. The number of hydrogen-bond acceptors (Lipinski definition) is 6. The van der Waals surface area contributed by atoms with E-state index in [0.29, 0.717) is 26.9 Å². The first kappa shape index (κ1) is 21.1. The van der Waals surface area contributed by atoms with E-state index in [4.69, 9.17) is 38.1 Å². The number of carbonyl (C=O) groups is 1. The Morgan fingerprint density at radius 3 is 2.61 bits per heavy atom. The monoisotopic (exact) mass is 479 g/mol. The molecule has 2 aromatic carbocycles. The Bertz CT molecular complexity index is 1490. The fraction of sp³-hybridized carbons (Fsp3) is 0.125. The number of ether oxygens (including phenoxy) is 1. The number of amides is 1. The molecular weight excluding hydrogens is 465 g/mol. The van der Waals surface area contributed by atoms with Gasteiger partial charge in [-0.05, 0) is 30.7 Å². The number of benzene rings is 2. The summed E-state index contributed by atoms with van der Waals surface area (Å²) < 4.78 is 10.9. The van der Waals surface area contributed by atoms with E-state index >= 15 is 0 Å². The number of nitriles is 1. The summed E-state index contributed by atoms with van der Waals surface area (Å²) >= 11 is 12.2. The first-order valence-electron chi connectivity index (χ1n) is 9.87. The Hall–Kier alpha value is -3.73. The molecule has 0 saturated heterocycles. The van der Waals surface area contributed by atoms with Gasteiger partial charge in [-0.1, -0.05) is 47.5 Å². The second-order valence-corrected chi connectivity index (χ2v) is 8.56. The van der Waals surface area contributed by atoms with E-state index in [2.05, 4.69) is 0 Å². The largest absolute Gasteiger partial charge is 0.440 e. The number of halogens is 2. The Kier molecular flexibility index (Phi) is 4.74. The Balaban J connectivity index is 1.80. The number of fused-ring (bicyclic) bond motifs is 4. The van der Waals surface area contributed by atoms with Crippen LogP contribution in [0.1, 0.15) is 22.5 Å². The van der Waals surface area contributed by atoms with E-state index in [1.807, 2.05) is 6.07 Å². The summed E-state index contributed by atoms with van der Waals surface area (Å²) in [5, 5.41) is 10.8. The fourth-order valence-corrected chi connectivity index (χ4v) is 4.86. The van der Waals surface area contributed by atoms with Crippen molar-refractivity contribution in [2.45, 2.75) is 18.9 Å². The normalized spacial score (nSPS) is 18.7. The van der Waals surface area contributed by atoms with Crippen LogP contribution in [-0.4, -0.2) is 5.91 Å². The lowest BCUT2D eigenvalue weighted by Gasteiger charge is -2.33. The number of carbonyl (C=O) groups excluding carboxylic acids is 1. The zero-order valence-electron chi connectivity index (χ0n) is 17.2. The second kappa shape index (κ2) is 7.41. The molecular formula is C24H15Cl2N3O4. The van der Waals surface area contributed by atoms with Crippen LogP contribution in [0.3, 0.4) is 0 Å². The molecule has 1 spiro atoms. The van der Waals surface area contributed by atoms with Gasteiger partial charge in [0.25, 0.3) is 0 Å². The lowest BCUT2D eigenvalue weighted by atomic mass is 9.69. The summed E-state index contributed by atoms with van der Waals surface area (Å²) in [6.07, 6.45) is 0. The predicted octanol–water partition coefficient (Wildman–Crippen LogP) is 4.17. The minimum Gasteiger partial charge on any atom is -0.440 e. The molecule has 9 heteroatoms. The highest BCUT2D eigenvalue weighted by Gasteiger charge is 2.60. The molecule has 7 nitrogen and oxygen atoms in total. The lowest BCUT2D eigenvalue weighted by Crippen LogP contribution is -2.48. The van der Waals surface area contributed by atoms with Gasteiger partial charge in [0.15, 0.2) is 5.41 Å². The SMILES string of the molecule is Cc1cc2c(c(=O)o1)C1(C(=O)N(Cc3ccc(Cl)c(Cl)c3)c3ccccc31)C(C#N)=C(N)O2. The van der Waals surface area contributed by atoms with Gasteiger partial charge in [0.1, 0.15) is 28.7 Å². The molecule has 2 N–H and O–H groups in total. The van der Waals surface area contributed by atoms with E-state index in [-0.39, 0.29) is 35.1 Å². The average Bonchev–Trinajstić information content (AvgIpc) is 2.99. The van der Waals surface area contributed by atoms with Crippen LogP contribution in [0.15, 0.2) is 69.2 Å². The van der Waals surface area contributed by atoms with Crippen LogP contribution in [0, 0.1) is 18.3 Å². The van der Waals surface area contributed by atoms with Crippen molar-refractivity contribution in [1.29, 1.82) is 5.26 Å². The molecule has 164 valence electrons. The van der Waals surface area contributed by atoms with Crippen molar-refractivity contribution in [3.05, 3.63) is 103 Å². The number of rotatable bonds is 2. The highest BCUT2D eigenvalue weighted by molar-refractivity contribution is 6.42. The van der Waals surface area contributed by atoms with Gasteiger partial charge in [0.05, 0.1) is 16.6 Å². The zero-order valence-corrected chi connectivity index (χ0v) is 18.7. The lowest BCUT2D eigenvalue weighted by molar-refractivity contribution is -0.121. The number of nitrogens with zero attached hydrogens (tertiary/aromatic N) is 2. The van der Waals surface area contributed by atoms with Gasteiger partial charge >= 0.3 is 5.63 Å². The van der Waals surface area contributed by atoms with E-state index < -0.39 is 16.9 Å². The molecule has 1 unspecified atom stereocenters. The van der Waals surface area contributed by atoms with Crippen LogP contribution in [0.2, 0.25) is 10.0 Å². The molecule has 1 atom stereocenters. The minimum absolute atomic E-state index is 0.0760. The summed E-state index contributed by atoms with van der Waals surface area (Å²) in [7, 11) is 0. The van der Waals surface area contributed by atoms with Gasteiger partial charge in [0.2, 0.25) is 11.8 Å². The van der Waals surface area contributed by atoms with E-state index in [9.17, 15) is 14.9 Å². The first-order chi connectivity index (χ1) is 15.8. The van der Waals surface area contributed by atoms with E-state index in [1.54, 1.807) is 49.4 Å². The third-order valence-electron chi connectivity index (χ3n) is 5.86. The summed E-state index contributed by atoms with van der Waals surface area (Å²) in [5.41, 5.74) is 4.98. The van der Waals surface area contributed by atoms with Gasteiger partial charge in [-0.15, -0.1) is 0 Å². The van der Waals surface area contributed by atoms with E-state index in [0.717, 1.165) is 0 Å². The Morgan fingerprint density at radius 1 is 1.12 bits per heavy atom. The predicted molar refractivity (Wildman–Crippen MR) is 122 cm³/mol. The molecule has 0 aliphatic carbocycles. The molecule has 1 amide bonds. The van der Waals surface area contributed by atoms with Crippen molar-refractivity contribution < 1.29 is 13.9 Å². The Morgan fingerprint density at radius 2 is 1.88 bits per heavy atom. The van der Waals surface area contributed by atoms with Crippen LogP contribution >= 0.6 is 23.2 Å². The summed E-state index contributed by atoms with van der Waals surface area (Å²) in [6.45, 7) is 1.71. The van der Waals surface area contributed by atoms with Gasteiger partial charge < -0.3 is 19.8 Å². The molecule has 5 rings (SSSR count). The van der Waals surface area contributed by atoms with Crippen LogP contribution in [-0.2, 0) is 16.8 Å². The van der Waals surface area contributed by atoms with Crippen LogP contribution in [0.5, 0.6) is 5.75 Å². The molecule has 0 fully saturated rings. The van der Waals surface area contributed by atoms with Gasteiger partial charge in [0, 0.05) is 17.3 Å². The maximum atomic E-state index is 14.2. The van der Waals surface area contributed by atoms with Crippen LogP contribution in [0.4, 0.5) is 5.69 Å². The second-order valence-electron chi connectivity index (χ2n) is 7.74. The maximum absolute atomic E-state index is 14.2. The Labute approximate surface area is 198 Å². The molecule has 33 heavy (non-hydrogen) atoms. The smallest absolute Gasteiger partial charge is 0.344 e. The quantitative estimate of drug-likeness (QED) is 0.590. The molecule has 0 saturated carbocycles. The highest BCUT2D eigenvalue weighted by Crippen LogP contribution is 2.54. The average molecular weight is 480 g/mol. The number of para-hydroxylation sites is 1. The minimum atomic E-state index is -1.80. The molecule has 2 aliphatic rings. The van der Waals surface area contributed by atoms with Crippen molar-refractivity contribution in [3.63, 3.8) is 0 Å². The number of nitrogens with two attached hydrogens (primary N) is 1. The van der Waals surface area contributed by atoms with Crippen molar-refractivity contribution in [1.82, 2.24) is 0 Å². The summed E-state index contributed by atoms with van der Waals surface area (Å²) in [4.78, 5) is 28.8. The van der Waals surface area contributed by atoms with Crippen LogP contribution in [0.25, 0.3) is 0 Å². The van der Waals surface area contributed by atoms with Gasteiger partial charge in [-0.3, -0.25) is 4.79 Å². The third kappa shape index (κ3) is 2.88. The zero-order chi connectivity index (χ0) is 23.5. The van der Waals surface area contributed by atoms with Crippen molar-refractivity contribution in [3.8, 4) is 11.8 Å². The molecule has 0 bridgehead atoms. The first-order valence-corrected chi connectivity index (χ1v) is 10.6. The molecule has 3 heterocycles. The van der Waals surface area contributed by atoms with Crippen LogP contribution < -0.4 is 21.0 Å². The molecule has 0 radical (unpaired) electrons. The standard InChI is InChI=1S/C24H15Cl2N3O4/c1-12-8-19-20(22(30)32-12)24(15(10-27)21(28)33-19)14-4-2-3-5-18(14)29(23(24)31)11-13-6-7-16(25)17(26)9-13/h2-9H,11,28H2,1H3. The van der Waals surface area contributed by atoms with Gasteiger partial charge in [-0.2, -0.15) is 5.26 Å². The maximum Gasteiger partial charge on any atom is 0.344 e. The third-order valence-corrected chi connectivity index (χ3v) is 6.60. The fourth-order valence-electron chi connectivity index (χ4n) is 4.53. The van der Waals surface area contributed by atoms with Crippen molar-refractivity contribution in [2.24, 2.45) is 5.73 Å². The molecule has 2 aliphatic heterocycles. The topological polar surface area (TPSA) is 110 Å². The molecule has 3 aromatic rings. The summed E-state index contributed by atoms with van der Waals surface area (Å²) in [5.74, 6) is -0.391. The molecule has 1 aromatic heterocycles. The van der Waals surface area contributed by atoms with Crippen molar-refractivity contribution >= 4 is 34.8 Å². The summed E-state index contributed by atoms with van der Waals surface area (Å²) in [6, 6.07) is 15.5.